The van der Waals surface area contributed by atoms with Crippen LogP contribution in [0.1, 0.15) is 89.9 Å². The van der Waals surface area contributed by atoms with Gasteiger partial charge >= 0.3 is 6.09 Å². The summed E-state index contributed by atoms with van der Waals surface area (Å²) in [5.74, 6) is -1.03. The van der Waals surface area contributed by atoms with Gasteiger partial charge in [0.05, 0.1) is 17.3 Å². The van der Waals surface area contributed by atoms with Gasteiger partial charge in [0.1, 0.15) is 12.3 Å². The molecule has 3 aliphatic carbocycles. The Bertz CT molecular complexity index is 1010. The van der Waals surface area contributed by atoms with E-state index in [0.717, 1.165) is 57.8 Å². The third kappa shape index (κ3) is 8.65. The number of nitrogens with one attached hydrogen (secondary N) is 2. The monoisotopic (exact) mass is 568 g/mol. The second-order valence-corrected chi connectivity index (χ2v) is 13.5. The van der Waals surface area contributed by atoms with Crippen molar-refractivity contribution in [2.24, 2.45) is 17.6 Å². The van der Waals surface area contributed by atoms with Crippen LogP contribution >= 0.6 is 0 Å². The van der Waals surface area contributed by atoms with E-state index in [0.29, 0.717) is 38.6 Å². The number of allylic oxidation sites excluding steroid dienone is 2. The Balaban J connectivity index is 1.18. The number of aliphatic hydroxyl groups is 1. The molecule has 220 valence electrons. The lowest BCUT2D eigenvalue weighted by Crippen LogP contribution is -2.55. The molecule has 0 spiro atoms. The third-order valence-electron chi connectivity index (χ3n) is 8.35. The summed E-state index contributed by atoms with van der Waals surface area (Å²) in [6, 6.07) is -1.12. The van der Waals surface area contributed by atoms with Gasteiger partial charge in [-0.15, -0.1) is 0 Å². The molecule has 1 unspecified atom stereocenters. The molecule has 1 heterocycles. The van der Waals surface area contributed by atoms with Crippen molar-refractivity contribution in [2.45, 2.75) is 120 Å². The predicted molar refractivity (Wildman–Crippen MR) is 144 cm³/mol. The molecule has 3 amide bonds. The topological polar surface area (TPSA) is 168 Å². The van der Waals surface area contributed by atoms with E-state index in [1.807, 2.05) is 12.2 Å². The molecule has 1 saturated heterocycles. The summed E-state index contributed by atoms with van der Waals surface area (Å²) in [6.07, 6.45) is 13.4. The Kier molecular flexibility index (Phi) is 10.3. The van der Waals surface area contributed by atoms with Crippen LogP contribution in [0.3, 0.4) is 0 Å². The number of unbranched alkanes of at least 4 members (excludes halogenated alkanes) is 3. The minimum Gasteiger partial charge on any atom is -0.446 e. The number of aliphatic hydroxyl groups excluding tert-OH is 1. The molecule has 5 N–H and O–H groups in total. The summed E-state index contributed by atoms with van der Waals surface area (Å²) in [4.78, 5) is 38.3. The number of ether oxygens (including phenoxy) is 1. The molecule has 0 radical (unpaired) electrons. The lowest BCUT2D eigenvalue weighted by atomic mass is 10.0. The molecule has 4 fully saturated rings. The van der Waals surface area contributed by atoms with Crippen LogP contribution in [0.5, 0.6) is 0 Å². The normalized spacial score (nSPS) is 27.4. The molecule has 0 aromatic carbocycles. The Hall–Kier alpha value is -2.18. The molecule has 4 rings (SSSR count). The average Bonchev–Trinajstić information content (AvgIpc) is 3.78. The van der Waals surface area contributed by atoms with E-state index >= 15 is 0 Å². The molecule has 5 atom stereocenters. The van der Waals surface area contributed by atoms with Crippen LogP contribution in [0.4, 0.5) is 4.79 Å². The zero-order valence-corrected chi connectivity index (χ0v) is 23.4. The van der Waals surface area contributed by atoms with Gasteiger partial charge in [0.2, 0.25) is 21.8 Å². The Labute approximate surface area is 231 Å². The van der Waals surface area contributed by atoms with Gasteiger partial charge in [0.25, 0.3) is 0 Å². The van der Waals surface area contributed by atoms with Crippen molar-refractivity contribution in [1.29, 1.82) is 0 Å². The van der Waals surface area contributed by atoms with E-state index in [-0.39, 0.29) is 17.9 Å². The first kappa shape index (κ1) is 29.8. The first-order valence-electron chi connectivity index (χ1n) is 14.6. The van der Waals surface area contributed by atoms with Crippen molar-refractivity contribution in [1.82, 2.24) is 14.9 Å². The summed E-state index contributed by atoms with van der Waals surface area (Å²) >= 11 is 0. The second kappa shape index (κ2) is 13.5. The maximum absolute atomic E-state index is 12.5. The van der Waals surface area contributed by atoms with E-state index in [1.54, 1.807) is 4.90 Å². The Morgan fingerprint density at radius 1 is 1.05 bits per heavy atom. The van der Waals surface area contributed by atoms with E-state index in [1.165, 1.54) is 0 Å². The fourth-order valence-electron chi connectivity index (χ4n) is 5.76. The largest absolute Gasteiger partial charge is 0.446 e. The number of carbonyl (C=O) groups is 3. The summed E-state index contributed by atoms with van der Waals surface area (Å²) < 4.78 is 31.6. The maximum atomic E-state index is 12.5. The summed E-state index contributed by atoms with van der Waals surface area (Å²) in [6.45, 7) is 0.544. The van der Waals surface area contributed by atoms with Gasteiger partial charge in [-0.25, -0.2) is 13.2 Å². The fourth-order valence-corrected chi connectivity index (χ4v) is 7.12. The minimum atomic E-state index is -3.49. The maximum Gasteiger partial charge on any atom is 0.407 e. The van der Waals surface area contributed by atoms with Gasteiger partial charge in [-0.3, -0.25) is 19.2 Å². The number of sulfonamides is 1. The molecular formula is C27H44N4O7S. The highest BCUT2D eigenvalue weighted by Gasteiger charge is 2.45. The predicted octanol–water partition coefficient (Wildman–Crippen LogP) is 2.04. The highest BCUT2D eigenvalue weighted by atomic mass is 32.2. The summed E-state index contributed by atoms with van der Waals surface area (Å²) in [5, 5.41) is 13.5. The molecule has 3 saturated carbocycles. The van der Waals surface area contributed by atoms with Gasteiger partial charge in [-0.2, -0.15) is 0 Å². The highest BCUT2D eigenvalue weighted by molar-refractivity contribution is 7.90. The van der Waals surface area contributed by atoms with Gasteiger partial charge < -0.3 is 20.9 Å². The van der Waals surface area contributed by atoms with Gasteiger partial charge in [0, 0.05) is 12.5 Å². The summed E-state index contributed by atoms with van der Waals surface area (Å²) in [5.41, 5.74) is 5.54. The number of likely N-dealkylation sites (tertiary alicyclic amines) is 1. The van der Waals surface area contributed by atoms with E-state index in [2.05, 4.69) is 10.0 Å². The van der Waals surface area contributed by atoms with E-state index in [9.17, 15) is 27.9 Å². The molecule has 12 heteroatoms. The van der Waals surface area contributed by atoms with Crippen LogP contribution in [-0.4, -0.2) is 72.5 Å². The number of carbonyl (C=O) groups excluding carboxylic acids is 3. The lowest BCUT2D eigenvalue weighted by Gasteiger charge is -2.34. The number of alkyl carbamates (subject to hydrolysis) is 1. The fraction of sp³-hybridized carbons (Fsp3) is 0.815. The van der Waals surface area contributed by atoms with Crippen molar-refractivity contribution < 1.29 is 32.6 Å². The molecule has 0 bridgehead atoms. The molecule has 1 aliphatic heterocycles. The van der Waals surface area contributed by atoms with Gasteiger partial charge in [-0.05, 0) is 83.0 Å². The number of amides is 3. The van der Waals surface area contributed by atoms with Crippen LogP contribution in [0.25, 0.3) is 0 Å². The zero-order chi connectivity index (χ0) is 28.0. The molecular weight excluding hydrogens is 524 g/mol. The van der Waals surface area contributed by atoms with Crippen molar-refractivity contribution in [3.63, 3.8) is 0 Å². The molecule has 39 heavy (non-hydrogen) atoms. The molecule has 4 aliphatic rings. The number of hydrogen-bond donors (Lipinski definition) is 4. The van der Waals surface area contributed by atoms with Crippen LogP contribution in [0.15, 0.2) is 12.2 Å². The van der Waals surface area contributed by atoms with Crippen molar-refractivity contribution >= 4 is 27.9 Å². The van der Waals surface area contributed by atoms with Crippen LogP contribution in [0.2, 0.25) is 0 Å². The van der Waals surface area contributed by atoms with Crippen molar-refractivity contribution in [3.8, 4) is 0 Å². The van der Waals surface area contributed by atoms with Gasteiger partial charge in [-0.1, -0.05) is 25.0 Å². The second-order valence-electron chi connectivity index (χ2n) is 11.6. The SMILES string of the molecule is NC(=O)[C@@H]1CCCN1C(O)[C@H](CCCCCC=C[C@@H]1C[C@@H]1C(=O)NS(=O)(=O)C1CC1)NC(=O)OC1CCCC1. The summed E-state index contributed by atoms with van der Waals surface area (Å²) in [7, 11) is -3.49. The first-order valence-corrected chi connectivity index (χ1v) is 16.1. The van der Waals surface area contributed by atoms with E-state index in [4.69, 9.17) is 10.5 Å². The Morgan fingerprint density at radius 3 is 2.49 bits per heavy atom. The minimum absolute atomic E-state index is 0.0838. The first-order chi connectivity index (χ1) is 18.7. The van der Waals surface area contributed by atoms with Crippen LogP contribution in [0, 0.1) is 11.8 Å². The molecule has 11 nitrogen and oxygen atoms in total. The van der Waals surface area contributed by atoms with Crippen molar-refractivity contribution in [2.75, 3.05) is 6.54 Å². The number of nitrogens with two attached hydrogens (primary N) is 1. The highest BCUT2D eigenvalue weighted by Crippen LogP contribution is 2.40. The Morgan fingerprint density at radius 2 is 1.79 bits per heavy atom. The average molecular weight is 569 g/mol. The van der Waals surface area contributed by atoms with Crippen LogP contribution in [-0.2, 0) is 24.3 Å². The quantitative estimate of drug-likeness (QED) is 0.172. The van der Waals surface area contributed by atoms with Gasteiger partial charge in [0.15, 0.2) is 0 Å². The lowest BCUT2D eigenvalue weighted by molar-refractivity contribution is -0.127. The number of primary amides is 1. The smallest absolute Gasteiger partial charge is 0.407 e. The van der Waals surface area contributed by atoms with E-state index < -0.39 is 51.5 Å². The number of nitrogens with zero attached hydrogens (tertiary/aromatic N) is 1. The third-order valence-corrected chi connectivity index (χ3v) is 10.2. The molecule has 0 aromatic heterocycles. The number of rotatable bonds is 15. The zero-order valence-electron chi connectivity index (χ0n) is 22.6. The number of hydrogen-bond acceptors (Lipinski definition) is 8. The standard InChI is InChI=1S/C27H44N4O7S/c28-24(32)23-13-8-16-31(23)26(34)22(29-27(35)38-19-10-6-7-11-19)12-5-3-1-2-4-9-18-17-21(18)25(33)30-39(36,37)20-14-15-20/h4,9,18-23,26,34H,1-3,5-8,10-17H2,(H2,28,32)(H,29,35)(H,30,33)/t18-,21+,22+,23+,26?/m1/s1. The molecule has 0 aromatic rings. The van der Waals surface area contributed by atoms with Crippen molar-refractivity contribution in [3.05, 3.63) is 12.2 Å². The van der Waals surface area contributed by atoms with Crippen LogP contribution < -0.4 is 15.8 Å².